The molecule has 1 unspecified atom stereocenters. The van der Waals surface area contributed by atoms with Gasteiger partial charge in [0.15, 0.2) is 11.6 Å². The van der Waals surface area contributed by atoms with Crippen LogP contribution >= 0.6 is 0 Å². The Hall–Kier alpha value is -7.70. The van der Waals surface area contributed by atoms with Crippen LogP contribution in [0, 0.1) is 0 Å². The van der Waals surface area contributed by atoms with Crippen LogP contribution in [0.1, 0.15) is 22.9 Å². The van der Waals surface area contributed by atoms with Gasteiger partial charge in [-0.2, -0.15) is 0 Å². The van der Waals surface area contributed by atoms with Crippen LogP contribution in [0.5, 0.6) is 0 Å². The zero-order chi connectivity index (χ0) is 37.5. The predicted molar refractivity (Wildman–Crippen MR) is 230 cm³/mol. The highest BCUT2D eigenvalue weighted by Gasteiger charge is 2.34. The molecular weight excluding hydrogens is 697 g/mol. The maximum Gasteiger partial charge on any atom is 0.163 e. The summed E-state index contributed by atoms with van der Waals surface area (Å²) in [5, 5.41) is 4.80. The molecule has 0 saturated heterocycles. The lowest BCUT2D eigenvalue weighted by molar-refractivity contribution is 0.853. The van der Waals surface area contributed by atoms with Gasteiger partial charge in [0.05, 0.1) is 33.7 Å². The molecule has 1 atom stereocenters. The second-order valence-electron chi connectivity index (χ2n) is 14.6. The van der Waals surface area contributed by atoms with Crippen molar-refractivity contribution in [2.24, 2.45) is 0 Å². The maximum atomic E-state index is 5.61. The molecule has 0 radical (unpaired) electrons. The van der Waals surface area contributed by atoms with E-state index in [0.717, 1.165) is 61.6 Å². The minimum absolute atomic E-state index is 0.223. The van der Waals surface area contributed by atoms with Crippen molar-refractivity contribution in [1.82, 2.24) is 29.1 Å². The number of hydrogen-bond donors (Lipinski definition) is 0. The predicted octanol–water partition coefficient (Wildman–Crippen LogP) is 12.0. The summed E-state index contributed by atoms with van der Waals surface area (Å²) in [5.74, 6) is 2.65. The molecule has 0 bridgehead atoms. The summed E-state index contributed by atoms with van der Waals surface area (Å²) in [6.07, 6.45) is 0. The minimum atomic E-state index is -0.223. The lowest BCUT2D eigenvalue weighted by Crippen LogP contribution is -2.09. The molecule has 12 rings (SSSR count). The number of para-hydroxylation sites is 3. The van der Waals surface area contributed by atoms with Crippen LogP contribution in [0.25, 0.3) is 89.2 Å². The summed E-state index contributed by atoms with van der Waals surface area (Å²) in [6, 6.07) is 65.9. The molecule has 0 spiro atoms. The van der Waals surface area contributed by atoms with Crippen molar-refractivity contribution in [3.05, 3.63) is 205 Å². The topological polar surface area (TPSA) is 61.4 Å². The summed E-state index contributed by atoms with van der Waals surface area (Å²) in [7, 11) is 0. The normalized spacial score (nSPS) is 13.4. The van der Waals surface area contributed by atoms with Crippen molar-refractivity contribution in [3.63, 3.8) is 0 Å². The third-order valence-corrected chi connectivity index (χ3v) is 11.4. The molecule has 57 heavy (non-hydrogen) atoms. The van der Waals surface area contributed by atoms with E-state index in [1.54, 1.807) is 0 Å². The average molecular weight is 729 g/mol. The number of aromatic nitrogens is 6. The fraction of sp³-hybridized carbons (Fsp3) is 0.0196. The molecule has 6 nitrogen and oxygen atoms in total. The third-order valence-electron chi connectivity index (χ3n) is 11.4. The Labute approximate surface area is 328 Å². The Bertz CT molecular complexity index is 3290. The smallest absolute Gasteiger partial charge is 0.163 e. The van der Waals surface area contributed by atoms with E-state index >= 15 is 0 Å². The molecule has 0 fully saturated rings. The molecule has 0 N–H and O–H groups in total. The molecule has 0 saturated carbocycles. The van der Waals surface area contributed by atoms with Gasteiger partial charge in [-0.3, -0.25) is 4.57 Å². The van der Waals surface area contributed by atoms with Crippen molar-refractivity contribution in [1.29, 1.82) is 0 Å². The zero-order valence-corrected chi connectivity index (χ0v) is 30.7. The number of benzene rings is 7. The van der Waals surface area contributed by atoms with E-state index in [-0.39, 0.29) is 5.92 Å². The minimum Gasteiger partial charge on any atom is -0.309 e. The van der Waals surface area contributed by atoms with Gasteiger partial charge in [0, 0.05) is 43.9 Å². The molecule has 0 amide bonds. The van der Waals surface area contributed by atoms with Gasteiger partial charge in [-0.25, -0.2) is 19.9 Å². The second-order valence-corrected chi connectivity index (χ2v) is 14.6. The van der Waals surface area contributed by atoms with Crippen molar-refractivity contribution >= 4 is 43.6 Å². The third kappa shape index (κ3) is 4.77. The highest BCUT2D eigenvalue weighted by Crippen LogP contribution is 2.48. The number of nitrogens with zero attached hydrogens (tertiary/aromatic N) is 6. The van der Waals surface area contributed by atoms with Gasteiger partial charge in [0.25, 0.3) is 0 Å². The average Bonchev–Trinajstić information content (AvgIpc) is 3.92. The van der Waals surface area contributed by atoms with Gasteiger partial charge in [-0.05, 0) is 47.5 Å². The van der Waals surface area contributed by atoms with Crippen LogP contribution in [0.3, 0.4) is 0 Å². The summed E-state index contributed by atoms with van der Waals surface area (Å²) in [6.45, 7) is 0. The number of hydrogen-bond acceptors (Lipinski definition) is 4. The first kappa shape index (κ1) is 31.6. The molecule has 6 heteroatoms. The summed E-state index contributed by atoms with van der Waals surface area (Å²) < 4.78 is 4.75. The quantitative estimate of drug-likeness (QED) is 0.177. The van der Waals surface area contributed by atoms with Crippen molar-refractivity contribution in [3.8, 4) is 45.5 Å². The van der Waals surface area contributed by atoms with E-state index < -0.39 is 0 Å². The molecule has 7 aromatic carbocycles. The monoisotopic (exact) mass is 728 g/mol. The molecule has 4 heterocycles. The Kier molecular flexibility index (Phi) is 6.89. The number of rotatable bonds is 5. The van der Waals surface area contributed by atoms with Gasteiger partial charge in [0.2, 0.25) is 0 Å². The van der Waals surface area contributed by atoms with Crippen molar-refractivity contribution < 1.29 is 0 Å². The largest absolute Gasteiger partial charge is 0.309 e. The molecule has 266 valence electrons. The van der Waals surface area contributed by atoms with Crippen molar-refractivity contribution in [2.45, 2.75) is 5.92 Å². The highest BCUT2D eigenvalue weighted by atomic mass is 15.1. The molecule has 0 aliphatic heterocycles. The van der Waals surface area contributed by atoms with Gasteiger partial charge >= 0.3 is 0 Å². The van der Waals surface area contributed by atoms with Gasteiger partial charge in [0.1, 0.15) is 11.6 Å². The summed E-state index contributed by atoms with van der Waals surface area (Å²) in [5.41, 5.74) is 11.9. The fourth-order valence-electron chi connectivity index (χ4n) is 9.00. The Morgan fingerprint density at radius 3 is 1.70 bits per heavy atom. The lowest BCUT2D eigenvalue weighted by Gasteiger charge is -2.15. The van der Waals surface area contributed by atoms with Crippen LogP contribution in [0.4, 0.5) is 0 Å². The molecule has 1 aliphatic rings. The Balaban J connectivity index is 1.11. The van der Waals surface area contributed by atoms with Crippen LogP contribution in [0.2, 0.25) is 0 Å². The molecule has 1 aliphatic carbocycles. The van der Waals surface area contributed by atoms with E-state index in [4.69, 9.17) is 19.9 Å². The SMILES string of the molecule is c1ccc(-c2nc(-c3ccccc3)nc(C3c4ccccc4-c4nc(-n5c6ccccc6c6ccc7c(c8ccccc8n7-c7ccccc7)c65)ccc43)n2)cc1. The van der Waals surface area contributed by atoms with Crippen molar-refractivity contribution in [2.75, 3.05) is 0 Å². The first-order valence-corrected chi connectivity index (χ1v) is 19.3. The van der Waals surface area contributed by atoms with E-state index in [0.29, 0.717) is 17.5 Å². The van der Waals surface area contributed by atoms with Crippen LogP contribution in [0.15, 0.2) is 188 Å². The van der Waals surface area contributed by atoms with E-state index in [1.807, 2.05) is 36.4 Å². The van der Waals surface area contributed by atoms with E-state index in [2.05, 4.69) is 161 Å². The fourth-order valence-corrected chi connectivity index (χ4v) is 9.00. The van der Waals surface area contributed by atoms with E-state index in [1.165, 1.54) is 27.1 Å². The van der Waals surface area contributed by atoms with Gasteiger partial charge in [-0.15, -0.1) is 0 Å². The van der Waals surface area contributed by atoms with Crippen LogP contribution < -0.4 is 0 Å². The number of fused-ring (bicyclic) bond motifs is 10. The highest BCUT2D eigenvalue weighted by molar-refractivity contribution is 6.26. The zero-order valence-electron chi connectivity index (χ0n) is 30.7. The summed E-state index contributed by atoms with van der Waals surface area (Å²) >= 11 is 0. The first-order valence-electron chi connectivity index (χ1n) is 19.3. The van der Waals surface area contributed by atoms with E-state index in [9.17, 15) is 0 Å². The first-order chi connectivity index (χ1) is 28.3. The van der Waals surface area contributed by atoms with Gasteiger partial charge < -0.3 is 4.57 Å². The Morgan fingerprint density at radius 2 is 0.982 bits per heavy atom. The Morgan fingerprint density at radius 1 is 0.386 bits per heavy atom. The lowest BCUT2D eigenvalue weighted by atomic mass is 9.96. The maximum absolute atomic E-state index is 5.61. The molecule has 4 aromatic heterocycles. The molecule has 11 aromatic rings. The van der Waals surface area contributed by atoms with Crippen LogP contribution in [-0.4, -0.2) is 29.1 Å². The van der Waals surface area contributed by atoms with Crippen LogP contribution in [-0.2, 0) is 0 Å². The molecular formula is C51H32N6. The van der Waals surface area contributed by atoms with Gasteiger partial charge in [-0.1, -0.05) is 152 Å². The summed E-state index contributed by atoms with van der Waals surface area (Å²) in [4.78, 5) is 21.0. The number of pyridine rings is 1. The standard InChI is InChI=1S/C51H32N6/c1-4-16-32(17-5-1)49-53-50(33-18-6-2-7-19-33)55-51(54-49)45-36-23-10-11-24-37(36)47-40(45)29-31-44(52-47)57-41-26-14-12-22-35(41)38-28-30-43-46(48(38)57)39-25-13-15-27-42(39)56(43)34-20-8-3-9-21-34/h1-31,45H. The second kappa shape index (κ2) is 12.4.